The van der Waals surface area contributed by atoms with Crippen molar-refractivity contribution in [2.75, 3.05) is 26.2 Å². The highest BCUT2D eigenvalue weighted by molar-refractivity contribution is 7.10. The summed E-state index contributed by atoms with van der Waals surface area (Å²) in [6.45, 7) is 3.63. The Hall–Kier alpha value is -2.83. The van der Waals surface area contributed by atoms with Crippen molar-refractivity contribution in [3.63, 3.8) is 0 Å². The first-order chi connectivity index (χ1) is 16.5. The lowest BCUT2D eigenvalue weighted by atomic mass is 10.0. The van der Waals surface area contributed by atoms with Crippen molar-refractivity contribution in [2.45, 2.75) is 32.2 Å². The van der Waals surface area contributed by atoms with Crippen LogP contribution in [0.15, 0.2) is 66.0 Å². The van der Waals surface area contributed by atoms with Crippen molar-refractivity contribution >= 4 is 34.8 Å². The number of fused-ring (bicyclic) bond motifs is 1. The van der Waals surface area contributed by atoms with Gasteiger partial charge in [-0.25, -0.2) is 0 Å². The third-order valence-corrected chi connectivity index (χ3v) is 7.26. The molecule has 2 aromatic carbocycles. The first kappa shape index (κ1) is 24.3. The number of halogens is 1. The fourth-order valence-electron chi connectivity index (χ4n) is 4.28. The van der Waals surface area contributed by atoms with Gasteiger partial charge in [-0.2, -0.15) is 0 Å². The molecular weight excluding hydrogens is 468 g/mol. The fourth-order valence-corrected chi connectivity index (χ4v) is 5.33. The molecule has 1 atom stereocenters. The zero-order valence-electron chi connectivity index (χ0n) is 19.3. The lowest BCUT2D eigenvalue weighted by Crippen LogP contribution is -2.48. The molecule has 1 aromatic heterocycles. The molecule has 1 aliphatic rings. The molecule has 34 heavy (non-hydrogen) atoms. The van der Waals surface area contributed by atoms with E-state index >= 15 is 0 Å². The summed E-state index contributed by atoms with van der Waals surface area (Å²) in [6.07, 6.45) is 1.92. The van der Waals surface area contributed by atoms with Crippen LogP contribution in [0.1, 0.15) is 35.4 Å². The van der Waals surface area contributed by atoms with Crippen molar-refractivity contribution in [3.05, 3.63) is 87.1 Å². The minimum Gasteiger partial charge on any atom is -0.491 e. The van der Waals surface area contributed by atoms with E-state index in [0.29, 0.717) is 36.9 Å². The summed E-state index contributed by atoms with van der Waals surface area (Å²) in [5.41, 5.74) is 2.09. The van der Waals surface area contributed by atoms with Crippen LogP contribution < -0.4 is 4.74 Å². The van der Waals surface area contributed by atoms with Crippen molar-refractivity contribution in [2.24, 2.45) is 0 Å². The summed E-state index contributed by atoms with van der Waals surface area (Å²) < 4.78 is 6.06. The Morgan fingerprint density at radius 2 is 1.88 bits per heavy atom. The Balaban J connectivity index is 1.47. The van der Waals surface area contributed by atoms with Gasteiger partial charge in [-0.15, -0.1) is 11.3 Å². The third-order valence-electron chi connectivity index (χ3n) is 6.01. The van der Waals surface area contributed by atoms with Gasteiger partial charge in [0.25, 0.3) is 0 Å². The Morgan fingerprint density at radius 1 is 1.12 bits per heavy atom. The van der Waals surface area contributed by atoms with Crippen LogP contribution in [0.25, 0.3) is 0 Å². The number of hydrogen-bond donors (Lipinski definition) is 0. The van der Waals surface area contributed by atoms with E-state index in [1.54, 1.807) is 28.4 Å². The van der Waals surface area contributed by atoms with Gasteiger partial charge >= 0.3 is 0 Å². The maximum Gasteiger partial charge on any atom is 0.242 e. The minimum atomic E-state index is -0.189. The van der Waals surface area contributed by atoms with Gasteiger partial charge in [0.05, 0.1) is 19.0 Å². The molecule has 0 bridgehead atoms. The van der Waals surface area contributed by atoms with Gasteiger partial charge in [0.2, 0.25) is 11.8 Å². The van der Waals surface area contributed by atoms with Crippen molar-refractivity contribution in [1.82, 2.24) is 9.80 Å². The van der Waals surface area contributed by atoms with Crippen LogP contribution >= 0.6 is 22.9 Å². The molecule has 0 unspecified atom stereocenters. The van der Waals surface area contributed by atoms with E-state index in [1.165, 1.54) is 4.88 Å². The number of carbonyl (C=O) groups is 2. The first-order valence-corrected chi connectivity index (χ1v) is 12.9. The Bertz CT molecular complexity index is 1100. The summed E-state index contributed by atoms with van der Waals surface area (Å²) in [6, 6.07) is 18.8. The second-order valence-corrected chi connectivity index (χ2v) is 9.83. The number of rotatable bonds is 9. The average Bonchev–Trinajstić information content (AvgIpc) is 3.33. The van der Waals surface area contributed by atoms with E-state index in [0.717, 1.165) is 24.0 Å². The van der Waals surface area contributed by atoms with E-state index in [2.05, 4.69) is 11.4 Å². The zero-order chi connectivity index (χ0) is 23.9. The molecule has 0 N–H and O–H groups in total. The maximum atomic E-state index is 13.5. The molecule has 178 valence electrons. The highest BCUT2D eigenvalue weighted by Gasteiger charge is 2.33. The predicted molar refractivity (Wildman–Crippen MR) is 136 cm³/mol. The molecule has 5 nitrogen and oxygen atoms in total. The van der Waals surface area contributed by atoms with E-state index in [-0.39, 0.29) is 24.4 Å². The van der Waals surface area contributed by atoms with Gasteiger partial charge in [0, 0.05) is 23.0 Å². The molecule has 0 saturated carbocycles. The molecule has 0 saturated heterocycles. The van der Waals surface area contributed by atoms with E-state index in [1.807, 2.05) is 54.3 Å². The number of hydrogen-bond acceptors (Lipinski definition) is 4. The molecule has 2 heterocycles. The number of benzene rings is 2. The average molecular weight is 497 g/mol. The summed E-state index contributed by atoms with van der Waals surface area (Å²) in [5, 5.41) is 2.72. The van der Waals surface area contributed by atoms with Crippen molar-refractivity contribution in [1.29, 1.82) is 0 Å². The number of carbonyl (C=O) groups excluding carboxylic acids is 2. The van der Waals surface area contributed by atoms with Gasteiger partial charge in [-0.3, -0.25) is 9.59 Å². The van der Waals surface area contributed by atoms with Crippen LogP contribution in [0, 0.1) is 0 Å². The standard InChI is InChI=1S/C27H29ClN2O3S/c1-2-14-29(26(31)17-20-6-4-3-5-7-20)18-27(32)30-15-12-25-23(13-16-34-25)24(30)19-33-22-10-8-21(28)9-11-22/h3-11,13,16,24H,2,12,14-15,17-19H2,1H3/t24-/m0/s1. The molecule has 0 radical (unpaired) electrons. The molecule has 0 fully saturated rings. The normalized spacial score (nSPS) is 15.0. The highest BCUT2D eigenvalue weighted by atomic mass is 35.5. The lowest BCUT2D eigenvalue weighted by Gasteiger charge is -2.37. The monoisotopic (exact) mass is 496 g/mol. The second kappa shape index (κ2) is 11.5. The Labute approximate surface area is 209 Å². The van der Waals surface area contributed by atoms with Crippen LogP contribution in [0.5, 0.6) is 5.75 Å². The van der Waals surface area contributed by atoms with Gasteiger partial charge in [0.1, 0.15) is 12.4 Å². The molecule has 7 heteroatoms. The lowest BCUT2D eigenvalue weighted by molar-refractivity contribution is -0.142. The van der Waals surface area contributed by atoms with Crippen LogP contribution in [0.3, 0.4) is 0 Å². The fraction of sp³-hybridized carbons (Fsp3) is 0.333. The summed E-state index contributed by atoms with van der Waals surface area (Å²) >= 11 is 7.71. The maximum absolute atomic E-state index is 13.5. The SMILES string of the molecule is CCCN(CC(=O)N1CCc2sccc2[C@@H]1COc1ccc(Cl)cc1)C(=O)Cc1ccccc1. The van der Waals surface area contributed by atoms with Gasteiger partial charge < -0.3 is 14.5 Å². The molecule has 1 aliphatic heterocycles. The van der Waals surface area contributed by atoms with Gasteiger partial charge in [-0.05, 0) is 59.7 Å². The van der Waals surface area contributed by atoms with Gasteiger partial charge in [-0.1, -0.05) is 48.9 Å². The van der Waals surface area contributed by atoms with Crippen LogP contribution in [0.4, 0.5) is 0 Å². The Morgan fingerprint density at radius 3 is 2.62 bits per heavy atom. The number of ether oxygens (including phenoxy) is 1. The molecule has 3 aromatic rings. The summed E-state index contributed by atoms with van der Waals surface area (Å²) in [7, 11) is 0. The van der Waals surface area contributed by atoms with Crippen LogP contribution in [0.2, 0.25) is 5.02 Å². The topological polar surface area (TPSA) is 49.9 Å². The van der Waals surface area contributed by atoms with E-state index < -0.39 is 0 Å². The van der Waals surface area contributed by atoms with Crippen molar-refractivity contribution in [3.8, 4) is 5.75 Å². The zero-order valence-corrected chi connectivity index (χ0v) is 20.9. The second-order valence-electron chi connectivity index (χ2n) is 8.39. The highest BCUT2D eigenvalue weighted by Crippen LogP contribution is 2.34. The van der Waals surface area contributed by atoms with E-state index in [9.17, 15) is 9.59 Å². The molecular formula is C27H29ClN2O3S. The molecule has 2 amide bonds. The quantitative estimate of drug-likeness (QED) is 0.399. The molecule has 4 rings (SSSR count). The third kappa shape index (κ3) is 5.99. The Kier molecular flexibility index (Phi) is 8.25. The summed E-state index contributed by atoms with van der Waals surface area (Å²) in [4.78, 5) is 31.4. The van der Waals surface area contributed by atoms with Crippen molar-refractivity contribution < 1.29 is 14.3 Å². The van der Waals surface area contributed by atoms with Crippen LogP contribution in [-0.4, -0.2) is 47.9 Å². The van der Waals surface area contributed by atoms with E-state index in [4.69, 9.17) is 16.3 Å². The first-order valence-electron chi connectivity index (χ1n) is 11.6. The number of nitrogens with zero attached hydrogens (tertiary/aromatic N) is 2. The summed E-state index contributed by atoms with van der Waals surface area (Å²) in [5.74, 6) is 0.643. The van der Waals surface area contributed by atoms with Gasteiger partial charge in [0.15, 0.2) is 0 Å². The van der Waals surface area contributed by atoms with Crippen LogP contribution in [-0.2, 0) is 22.4 Å². The smallest absolute Gasteiger partial charge is 0.242 e. The largest absolute Gasteiger partial charge is 0.491 e. The molecule has 0 aliphatic carbocycles. The number of amides is 2. The number of thiophene rings is 1. The minimum absolute atomic E-state index is 0.0244. The molecule has 0 spiro atoms. The predicted octanol–water partition coefficient (Wildman–Crippen LogP) is 5.39.